The van der Waals surface area contributed by atoms with Crippen molar-refractivity contribution in [1.82, 2.24) is 14.8 Å². The van der Waals surface area contributed by atoms with Gasteiger partial charge in [-0.05, 0) is 39.4 Å². The van der Waals surface area contributed by atoms with E-state index in [-0.39, 0.29) is 5.97 Å². The molecule has 0 amide bonds. The molecule has 3 rings (SSSR count). The van der Waals surface area contributed by atoms with Crippen LogP contribution < -0.4 is 5.32 Å². The number of rotatable bonds is 5. The van der Waals surface area contributed by atoms with Crippen molar-refractivity contribution in [3.05, 3.63) is 17.5 Å². The van der Waals surface area contributed by atoms with E-state index in [0.717, 1.165) is 35.3 Å². The number of anilines is 1. The van der Waals surface area contributed by atoms with E-state index < -0.39 is 0 Å². The number of aryl methyl sites for hydroxylation is 2. The van der Waals surface area contributed by atoms with Crippen LogP contribution in [0.15, 0.2) is 6.20 Å². The number of hydrogen-bond acceptors (Lipinski definition) is 6. The van der Waals surface area contributed by atoms with Crippen molar-refractivity contribution in [2.75, 3.05) is 18.2 Å². The SMILES string of the molecule is CCOC(=O)c1cnc2c(c(C)nn2C)c1NC1CCCC(SC)C1. The van der Waals surface area contributed by atoms with E-state index in [1.165, 1.54) is 12.8 Å². The van der Waals surface area contributed by atoms with Crippen molar-refractivity contribution >= 4 is 34.5 Å². The number of esters is 1. The normalized spacial score (nSPS) is 20.6. The predicted molar refractivity (Wildman–Crippen MR) is 102 cm³/mol. The number of fused-ring (bicyclic) bond motifs is 1. The lowest BCUT2D eigenvalue weighted by Gasteiger charge is -2.30. The van der Waals surface area contributed by atoms with Gasteiger partial charge in [0.25, 0.3) is 0 Å². The monoisotopic (exact) mass is 362 g/mol. The second-order valence-electron chi connectivity index (χ2n) is 6.54. The van der Waals surface area contributed by atoms with E-state index in [2.05, 4.69) is 21.7 Å². The molecule has 0 radical (unpaired) electrons. The van der Waals surface area contributed by atoms with Crippen molar-refractivity contribution in [2.24, 2.45) is 7.05 Å². The molecule has 25 heavy (non-hydrogen) atoms. The van der Waals surface area contributed by atoms with Crippen molar-refractivity contribution < 1.29 is 9.53 Å². The minimum Gasteiger partial charge on any atom is -0.462 e. The minimum atomic E-state index is -0.333. The number of nitrogens with zero attached hydrogens (tertiary/aromatic N) is 3. The van der Waals surface area contributed by atoms with Gasteiger partial charge in [-0.2, -0.15) is 16.9 Å². The standard InChI is InChI=1S/C18H26N4O2S/c1-5-24-18(23)14-10-19-17-15(11(2)21-22(17)3)16(14)20-12-7-6-8-13(9-12)25-4/h10,12-13H,5-9H2,1-4H3,(H,19,20). The van der Waals surface area contributed by atoms with Gasteiger partial charge < -0.3 is 10.1 Å². The third-order valence-electron chi connectivity index (χ3n) is 4.83. The number of thioether (sulfide) groups is 1. The van der Waals surface area contributed by atoms with Gasteiger partial charge in [-0.3, -0.25) is 4.68 Å². The number of hydrogen-bond donors (Lipinski definition) is 1. The quantitative estimate of drug-likeness (QED) is 0.821. The van der Waals surface area contributed by atoms with Gasteiger partial charge in [0.05, 0.1) is 23.4 Å². The fourth-order valence-electron chi connectivity index (χ4n) is 3.62. The molecule has 0 aliphatic heterocycles. The largest absolute Gasteiger partial charge is 0.462 e. The Labute approximate surface area is 152 Å². The second-order valence-corrected chi connectivity index (χ2v) is 7.68. The maximum absolute atomic E-state index is 12.5. The highest BCUT2D eigenvalue weighted by Crippen LogP contribution is 2.34. The fraction of sp³-hybridized carbons (Fsp3) is 0.611. The van der Waals surface area contributed by atoms with Gasteiger partial charge in [-0.25, -0.2) is 9.78 Å². The summed E-state index contributed by atoms with van der Waals surface area (Å²) in [6, 6.07) is 0.351. The van der Waals surface area contributed by atoms with Crippen LogP contribution in [-0.4, -0.2) is 44.9 Å². The Kier molecular flexibility index (Phi) is 5.51. The number of carbonyl (C=O) groups is 1. The molecule has 0 spiro atoms. The average molecular weight is 362 g/mol. The van der Waals surface area contributed by atoms with Crippen LogP contribution in [0.5, 0.6) is 0 Å². The maximum Gasteiger partial charge on any atom is 0.341 e. The highest BCUT2D eigenvalue weighted by Gasteiger charge is 2.26. The van der Waals surface area contributed by atoms with Gasteiger partial charge in [0.2, 0.25) is 0 Å². The van der Waals surface area contributed by atoms with Crippen LogP contribution in [0.1, 0.15) is 48.7 Å². The van der Waals surface area contributed by atoms with Crippen molar-refractivity contribution in [3.8, 4) is 0 Å². The van der Waals surface area contributed by atoms with E-state index in [9.17, 15) is 4.79 Å². The van der Waals surface area contributed by atoms with Crippen molar-refractivity contribution in [2.45, 2.75) is 50.8 Å². The second kappa shape index (κ2) is 7.64. The van der Waals surface area contributed by atoms with Gasteiger partial charge in [-0.1, -0.05) is 6.42 Å². The molecule has 7 heteroatoms. The number of nitrogens with one attached hydrogen (secondary N) is 1. The van der Waals surface area contributed by atoms with Gasteiger partial charge in [0, 0.05) is 24.5 Å². The molecule has 0 saturated heterocycles. The summed E-state index contributed by atoms with van der Waals surface area (Å²) < 4.78 is 7.01. The molecule has 2 heterocycles. The average Bonchev–Trinajstić information content (AvgIpc) is 2.90. The van der Waals surface area contributed by atoms with Gasteiger partial charge in [0.1, 0.15) is 5.56 Å². The summed E-state index contributed by atoms with van der Waals surface area (Å²) in [4.78, 5) is 16.9. The zero-order valence-corrected chi connectivity index (χ0v) is 16.2. The third kappa shape index (κ3) is 3.61. The minimum absolute atomic E-state index is 0.333. The lowest BCUT2D eigenvalue weighted by Crippen LogP contribution is -2.29. The van der Waals surface area contributed by atoms with E-state index in [0.29, 0.717) is 23.5 Å². The Balaban J connectivity index is 2.03. The van der Waals surface area contributed by atoms with Gasteiger partial charge >= 0.3 is 5.97 Å². The lowest BCUT2D eigenvalue weighted by atomic mass is 9.94. The lowest BCUT2D eigenvalue weighted by molar-refractivity contribution is 0.0527. The molecular weight excluding hydrogens is 336 g/mol. The molecule has 1 N–H and O–H groups in total. The summed E-state index contributed by atoms with van der Waals surface area (Å²) in [6.07, 6.45) is 8.47. The fourth-order valence-corrected chi connectivity index (χ4v) is 4.45. The molecule has 0 aromatic carbocycles. The Morgan fingerprint density at radius 2 is 2.28 bits per heavy atom. The first-order chi connectivity index (χ1) is 12.0. The Morgan fingerprint density at radius 3 is 3.00 bits per heavy atom. The number of carbonyl (C=O) groups excluding carboxylic acids is 1. The maximum atomic E-state index is 12.5. The summed E-state index contributed by atoms with van der Waals surface area (Å²) in [5.41, 5.74) is 2.97. The summed E-state index contributed by atoms with van der Waals surface area (Å²) in [7, 11) is 1.88. The van der Waals surface area contributed by atoms with Gasteiger partial charge in [0.15, 0.2) is 5.65 Å². The van der Waals surface area contributed by atoms with Crippen molar-refractivity contribution in [3.63, 3.8) is 0 Å². The highest BCUT2D eigenvalue weighted by molar-refractivity contribution is 7.99. The van der Waals surface area contributed by atoms with Crippen LogP contribution in [0, 0.1) is 6.92 Å². The summed E-state index contributed by atoms with van der Waals surface area (Å²) in [6.45, 7) is 4.12. The molecule has 2 aromatic rings. The number of pyridine rings is 1. The summed E-state index contributed by atoms with van der Waals surface area (Å²) >= 11 is 1.93. The van der Waals surface area contributed by atoms with E-state index in [1.807, 2.05) is 32.7 Å². The van der Waals surface area contributed by atoms with E-state index in [4.69, 9.17) is 4.74 Å². The zero-order valence-electron chi connectivity index (χ0n) is 15.3. The molecule has 2 unspecified atom stereocenters. The van der Waals surface area contributed by atoms with Gasteiger partial charge in [-0.15, -0.1) is 0 Å². The Hall–Kier alpha value is -1.76. The van der Waals surface area contributed by atoms with Crippen LogP contribution in [0.2, 0.25) is 0 Å². The van der Waals surface area contributed by atoms with Crippen LogP contribution in [0.4, 0.5) is 5.69 Å². The number of ether oxygens (including phenoxy) is 1. The van der Waals surface area contributed by atoms with Crippen LogP contribution in [0.3, 0.4) is 0 Å². The molecule has 2 atom stereocenters. The smallest absolute Gasteiger partial charge is 0.341 e. The Bertz CT molecular complexity index is 774. The van der Waals surface area contributed by atoms with E-state index in [1.54, 1.807) is 10.9 Å². The first kappa shape index (κ1) is 18.0. The first-order valence-electron chi connectivity index (χ1n) is 8.83. The Morgan fingerprint density at radius 1 is 1.48 bits per heavy atom. The topological polar surface area (TPSA) is 69.0 Å². The molecule has 1 saturated carbocycles. The highest BCUT2D eigenvalue weighted by atomic mass is 32.2. The zero-order chi connectivity index (χ0) is 18.0. The van der Waals surface area contributed by atoms with Crippen LogP contribution in [0.25, 0.3) is 11.0 Å². The third-order valence-corrected chi connectivity index (χ3v) is 5.93. The number of aromatic nitrogens is 3. The molecule has 2 aromatic heterocycles. The van der Waals surface area contributed by atoms with E-state index >= 15 is 0 Å². The molecule has 1 aliphatic carbocycles. The molecule has 1 fully saturated rings. The molecule has 1 aliphatic rings. The van der Waals surface area contributed by atoms with Crippen LogP contribution >= 0.6 is 11.8 Å². The summed E-state index contributed by atoms with van der Waals surface area (Å²) in [5.74, 6) is -0.333. The van der Waals surface area contributed by atoms with Crippen molar-refractivity contribution in [1.29, 1.82) is 0 Å². The first-order valence-corrected chi connectivity index (χ1v) is 10.1. The summed E-state index contributed by atoms with van der Waals surface area (Å²) in [5, 5.41) is 9.71. The molecule has 136 valence electrons. The molecule has 0 bridgehead atoms. The molecular formula is C18H26N4O2S. The predicted octanol–water partition coefficient (Wildman–Crippen LogP) is 3.54. The molecule has 6 nitrogen and oxygen atoms in total. The van der Waals surface area contributed by atoms with Crippen LogP contribution in [-0.2, 0) is 11.8 Å².